The van der Waals surface area contributed by atoms with E-state index in [0.717, 1.165) is 5.56 Å². The van der Waals surface area contributed by atoms with Crippen LogP contribution in [0.15, 0.2) is 10.7 Å². The first kappa shape index (κ1) is 6.27. The lowest BCUT2D eigenvalue weighted by molar-refractivity contribution is 0.0524. The smallest absolute Gasteiger partial charge is 0.346 e. The van der Waals surface area contributed by atoms with Gasteiger partial charge in [-0.1, -0.05) is 0 Å². The van der Waals surface area contributed by atoms with Gasteiger partial charge in [-0.25, -0.2) is 4.79 Å². The Morgan fingerprint density at radius 3 is 3.18 bits per heavy atom. The van der Waals surface area contributed by atoms with Crippen molar-refractivity contribution >= 4 is 5.97 Å². The predicted octanol–water partition coefficient (Wildman–Crippen LogP) is 0.959. The fourth-order valence-corrected chi connectivity index (χ4v) is 1.06. The van der Waals surface area contributed by atoms with E-state index < -0.39 is 0 Å². The average Bonchev–Trinajstić information content (AvgIpc) is 2.54. The lowest BCUT2D eigenvalue weighted by Crippen LogP contribution is -1.95. The highest BCUT2D eigenvalue weighted by molar-refractivity contribution is 5.95. The molecular formula is C7H6O4. The van der Waals surface area contributed by atoms with E-state index in [4.69, 9.17) is 13.9 Å². The highest BCUT2D eigenvalue weighted by atomic mass is 16.6. The molecule has 0 aliphatic carbocycles. The third-order valence-electron chi connectivity index (χ3n) is 1.58. The molecule has 0 fully saturated rings. The monoisotopic (exact) mass is 154 g/mol. The van der Waals surface area contributed by atoms with Crippen molar-refractivity contribution in [2.24, 2.45) is 0 Å². The molecule has 4 nitrogen and oxygen atoms in total. The normalized spacial score (nSPS) is 14.5. The molecule has 1 aromatic heterocycles. The summed E-state index contributed by atoms with van der Waals surface area (Å²) >= 11 is 0. The lowest BCUT2D eigenvalue weighted by Gasteiger charge is -1.93. The molecule has 0 radical (unpaired) electrons. The van der Waals surface area contributed by atoms with Crippen LogP contribution in [0.2, 0.25) is 0 Å². The summed E-state index contributed by atoms with van der Waals surface area (Å²) in [5, 5.41) is 0. The van der Waals surface area contributed by atoms with Crippen LogP contribution in [0.3, 0.4) is 0 Å². The number of hydrogen-bond donors (Lipinski definition) is 0. The molecule has 0 bridgehead atoms. The Kier molecular flexibility index (Phi) is 1.15. The largest absolute Gasteiger partial charge is 0.468 e. The topological polar surface area (TPSA) is 48.7 Å². The lowest BCUT2D eigenvalue weighted by atomic mass is 10.2. The van der Waals surface area contributed by atoms with Gasteiger partial charge in [0.1, 0.15) is 12.9 Å². The molecule has 0 amide bonds. The maximum absolute atomic E-state index is 10.9. The molecule has 1 aliphatic heterocycles. The van der Waals surface area contributed by atoms with Crippen LogP contribution >= 0.6 is 0 Å². The molecule has 4 heteroatoms. The van der Waals surface area contributed by atoms with Gasteiger partial charge in [0.15, 0.2) is 5.56 Å². The molecule has 0 atom stereocenters. The minimum Gasteiger partial charge on any atom is -0.468 e. The maximum Gasteiger partial charge on any atom is 0.346 e. The second-order valence-electron chi connectivity index (χ2n) is 2.20. The van der Waals surface area contributed by atoms with Gasteiger partial charge in [0, 0.05) is 5.56 Å². The number of carbonyl (C=O) groups excluding carboxylic acids is 1. The van der Waals surface area contributed by atoms with Gasteiger partial charge in [-0.15, -0.1) is 0 Å². The number of ether oxygens (including phenoxy) is 2. The van der Waals surface area contributed by atoms with Crippen LogP contribution in [0.25, 0.3) is 0 Å². The highest BCUT2D eigenvalue weighted by Gasteiger charge is 2.29. The summed E-state index contributed by atoms with van der Waals surface area (Å²) in [5.41, 5.74) is 1.18. The second kappa shape index (κ2) is 2.02. The number of cyclic esters (lactones) is 1. The first-order chi connectivity index (χ1) is 5.33. The van der Waals surface area contributed by atoms with E-state index in [1.54, 1.807) is 0 Å². The Labute approximate surface area is 62.7 Å². The number of furan rings is 1. The number of methoxy groups -OCH3 is 1. The third kappa shape index (κ3) is 0.721. The highest BCUT2D eigenvalue weighted by Crippen LogP contribution is 2.30. The van der Waals surface area contributed by atoms with Crippen molar-refractivity contribution in [1.82, 2.24) is 0 Å². The van der Waals surface area contributed by atoms with Crippen LogP contribution in [0, 0.1) is 0 Å². The first-order valence-electron chi connectivity index (χ1n) is 3.14. The molecular weight excluding hydrogens is 148 g/mol. The van der Waals surface area contributed by atoms with Crippen LogP contribution in [0.4, 0.5) is 0 Å². The minimum atomic E-state index is -0.370. The molecule has 0 N–H and O–H groups in total. The molecule has 2 rings (SSSR count). The number of carbonyl (C=O) groups is 1. The Balaban J connectivity index is 2.54. The van der Waals surface area contributed by atoms with Crippen molar-refractivity contribution in [3.63, 3.8) is 0 Å². The quantitative estimate of drug-likeness (QED) is 0.565. The Hall–Kier alpha value is -1.45. The summed E-state index contributed by atoms with van der Waals surface area (Å²) in [4.78, 5) is 10.9. The van der Waals surface area contributed by atoms with Crippen molar-refractivity contribution in [3.8, 4) is 5.95 Å². The number of hydrogen-bond acceptors (Lipinski definition) is 4. The number of esters is 1. The zero-order chi connectivity index (χ0) is 7.84. The van der Waals surface area contributed by atoms with Crippen molar-refractivity contribution in [1.29, 1.82) is 0 Å². The van der Waals surface area contributed by atoms with Crippen LogP contribution < -0.4 is 4.74 Å². The summed E-state index contributed by atoms with van der Waals surface area (Å²) < 4.78 is 14.5. The maximum atomic E-state index is 10.9. The van der Waals surface area contributed by atoms with Gasteiger partial charge in [-0.05, 0) is 0 Å². The van der Waals surface area contributed by atoms with Gasteiger partial charge in [-0.2, -0.15) is 0 Å². The zero-order valence-electron chi connectivity index (χ0n) is 5.92. The first-order valence-corrected chi connectivity index (χ1v) is 3.14. The molecule has 0 aromatic carbocycles. The van der Waals surface area contributed by atoms with Crippen molar-refractivity contribution in [2.45, 2.75) is 6.61 Å². The van der Waals surface area contributed by atoms with Gasteiger partial charge >= 0.3 is 5.97 Å². The fourth-order valence-electron chi connectivity index (χ4n) is 1.06. The van der Waals surface area contributed by atoms with E-state index in [2.05, 4.69) is 0 Å². The summed E-state index contributed by atoms with van der Waals surface area (Å²) in [6.45, 7) is 0.293. The Morgan fingerprint density at radius 1 is 1.64 bits per heavy atom. The van der Waals surface area contributed by atoms with Gasteiger partial charge in [0.2, 0.25) is 0 Å². The number of rotatable bonds is 1. The van der Waals surface area contributed by atoms with Crippen LogP contribution in [0.5, 0.6) is 5.95 Å². The summed E-state index contributed by atoms with van der Waals surface area (Å²) in [6, 6.07) is 0. The van der Waals surface area contributed by atoms with Gasteiger partial charge in [0.25, 0.3) is 5.95 Å². The molecule has 58 valence electrons. The fraction of sp³-hybridized carbons (Fsp3) is 0.286. The standard InChI is InChI=1S/C7H6O4/c1-9-7-5-4(3-11-7)2-10-6(5)8/h3H,2H2,1H3. The zero-order valence-corrected chi connectivity index (χ0v) is 5.92. The molecule has 0 spiro atoms. The third-order valence-corrected chi connectivity index (χ3v) is 1.58. The van der Waals surface area contributed by atoms with Gasteiger partial charge < -0.3 is 13.9 Å². The summed E-state index contributed by atoms with van der Waals surface area (Å²) in [5.74, 6) is -0.131. The van der Waals surface area contributed by atoms with E-state index in [1.165, 1.54) is 13.4 Å². The molecule has 1 aliphatic rings. The van der Waals surface area contributed by atoms with Crippen molar-refractivity contribution in [3.05, 3.63) is 17.4 Å². The SMILES string of the molecule is COc1occ2c1C(=O)OC2. The van der Waals surface area contributed by atoms with E-state index in [9.17, 15) is 4.79 Å². The molecule has 1 aromatic rings. The predicted molar refractivity (Wildman–Crippen MR) is 34.4 cm³/mol. The van der Waals surface area contributed by atoms with Crippen LogP contribution in [-0.2, 0) is 11.3 Å². The molecule has 0 saturated carbocycles. The van der Waals surface area contributed by atoms with Gasteiger partial charge in [0.05, 0.1) is 7.11 Å². The molecule has 0 unspecified atom stereocenters. The second-order valence-corrected chi connectivity index (χ2v) is 2.20. The summed E-state index contributed by atoms with van der Waals surface area (Å²) in [6.07, 6.45) is 1.47. The molecule has 11 heavy (non-hydrogen) atoms. The number of fused-ring (bicyclic) bond motifs is 1. The van der Waals surface area contributed by atoms with Gasteiger partial charge in [-0.3, -0.25) is 0 Å². The Bertz CT molecular complexity index is 299. The van der Waals surface area contributed by atoms with E-state index in [0.29, 0.717) is 12.2 Å². The van der Waals surface area contributed by atoms with Crippen molar-refractivity contribution in [2.75, 3.05) is 7.11 Å². The minimum absolute atomic E-state index is 0.238. The molecule has 2 heterocycles. The van der Waals surface area contributed by atoms with E-state index in [1.807, 2.05) is 0 Å². The van der Waals surface area contributed by atoms with E-state index >= 15 is 0 Å². The average molecular weight is 154 g/mol. The van der Waals surface area contributed by atoms with Crippen LogP contribution in [-0.4, -0.2) is 13.1 Å². The molecule has 0 saturated heterocycles. The van der Waals surface area contributed by atoms with Crippen molar-refractivity contribution < 1.29 is 18.7 Å². The van der Waals surface area contributed by atoms with Crippen LogP contribution in [0.1, 0.15) is 15.9 Å². The Morgan fingerprint density at radius 2 is 2.45 bits per heavy atom. The summed E-state index contributed by atoms with van der Waals surface area (Å²) in [7, 11) is 1.45. The van der Waals surface area contributed by atoms with E-state index in [-0.39, 0.29) is 11.9 Å².